The lowest BCUT2D eigenvalue weighted by Crippen LogP contribution is -2.50. The molecule has 0 spiro atoms. The van der Waals surface area contributed by atoms with Crippen molar-refractivity contribution >= 4 is 6.09 Å². The third kappa shape index (κ3) is 3.86. The van der Waals surface area contributed by atoms with Crippen molar-refractivity contribution in [2.45, 2.75) is 50.0 Å². The number of pyridine rings is 1. The van der Waals surface area contributed by atoms with E-state index in [-0.39, 0.29) is 18.2 Å². The van der Waals surface area contributed by atoms with Crippen molar-refractivity contribution in [1.82, 2.24) is 9.88 Å². The highest BCUT2D eigenvalue weighted by atomic mass is 19.4. The van der Waals surface area contributed by atoms with Crippen LogP contribution in [0.25, 0.3) is 0 Å². The summed E-state index contributed by atoms with van der Waals surface area (Å²) >= 11 is 0. The lowest BCUT2D eigenvalue weighted by atomic mass is 10.0. The molecule has 3 rings (SSSR count). The van der Waals surface area contributed by atoms with Gasteiger partial charge in [0, 0.05) is 37.2 Å². The van der Waals surface area contributed by atoms with Crippen molar-refractivity contribution in [3.63, 3.8) is 0 Å². The molecule has 1 aromatic heterocycles. The molecule has 1 aromatic rings. The van der Waals surface area contributed by atoms with Crippen molar-refractivity contribution in [3.05, 3.63) is 24.4 Å². The number of ether oxygens (including phenoxy) is 2. The van der Waals surface area contributed by atoms with Gasteiger partial charge >= 0.3 is 12.3 Å². The van der Waals surface area contributed by atoms with Gasteiger partial charge in [0.1, 0.15) is 6.10 Å². The number of halogens is 3. The van der Waals surface area contributed by atoms with Crippen molar-refractivity contribution in [2.24, 2.45) is 0 Å². The van der Waals surface area contributed by atoms with Gasteiger partial charge in [-0.05, 0) is 18.9 Å². The zero-order valence-electron chi connectivity index (χ0n) is 12.3. The van der Waals surface area contributed by atoms with Gasteiger partial charge in [-0.2, -0.15) is 13.2 Å². The quantitative estimate of drug-likeness (QED) is 0.854. The van der Waals surface area contributed by atoms with Crippen molar-refractivity contribution < 1.29 is 27.4 Å². The number of nitrogens with zero attached hydrogens (tertiary/aromatic N) is 2. The number of carbonyl (C=O) groups is 1. The molecule has 5 nitrogen and oxygen atoms in total. The summed E-state index contributed by atoms with van der Waals surface area (Å²) in [6.45, 7) is -1.55. The summed E-state index contributed by atoms with van der Waals surface area (Å²) in [6, 6.07) is 5.09. The van der Waals surface area contributed by atoms with Crippen LogP contribution in [0.5, 0.6) is 5.88 Å². The highest BCUT2D eigenvalue weighted by Gasteiger charge is 2.45. The average Bonchev–Trinajstić information content (AvgIpc) is 2.77. The van der Waals surface area contributed by atoms with Crippen LogP contribution >= 0.6 is 0 Å². The molecule has 0 N–H and O–H groups in total. The molecule has 0 radical (unpaired) electrons. The van der Waals surface area contributed by atoms with Gasteiger partial charge in [0.2, 0.25) is 5.88 Å². The molecule has 0 aromatic carbocycles. The molecular weight excluding hydrogens is 313 g/mol. The lowest BCUT2D eigenvalue weighted by molar-refractivity contribution is -0.163. The fourth-order valence-electron chi connectivity index (χ4n) is 3.33. The SMILES string of the molecule is O=C(OCC(F)(F)F)N1C2CCC1CC(Oc1ccccn1)C2. The van der Waals surface area contributed by atoms with Crippen LogP contribution in [0.1, 0.15) is 25.7 Å². The smallest absolute Gasteiger partial charge is 0.422 e. The molecule has 2 atom stereocenters. The molecule has 2 fully saturated rings. The van der Waals surface area contributed by atoms with Crippen LogP contribution in [-0.4, -0.2) is 46.9 Å². The molecule has 0 aliphatic carbocycles. The Labute approximate surface area is 131 Å². The second kappa shape index (κ2) is 6.25. The minimum atomic E-state index is -4.50. The summed E-state index contributed by atoms with van der Waals surface area (Å²) in [5.41, 5.74) is 0. The van der Waals surface area contributed by atoms with Crippen LogP contribution in [-0.2, 0) is 4.74 Å². The molecule has 2 unspecified atom stereocenters. The van der Waals surface area contributed by atoms with Crippen molar-refractivity contribution in [3.8, 4) is 5.88 Å². The van der Waals surface area contributed by atoms with Gasteiger partial charge in [0.25, 0.3) is 0 Å². The molecule has 2 aliphatic rings. The van der Waals surface area contributed by atoms with E-state index in [1.165, 1.54) is 4.90 Å². The highest BCUT2D eigenvalue weighted by molar-refractivity contribution is 5.69. The van der Waals surface area contributed by atoms with Gasteiger partial charge in [0.15, 0.2) is 6.61 Å². The van der Waals surface area contributed by atoms with E-state index in [4.69, 9.17) is 4.74 Å². The van der Waals surface area contributed by atoms with E-state index in [1.54, 1.807) is 18.3 Å². The molecule has 3 heterocycles. The number of hydrogen-bond donors (Lipinski definition) is 0. The fourth-order valence-corrected chi connectivity index (χ4v) is 3.33. The third-order valence-electron chi connectivity index (χ3n) is 4.19. The lowest BCUT2D eigenvalue weighted by Gasteiger charge is -2.37. The Morgan fingerprint density at radius 3 is 2.52 bits per heavy atom. The van der Waals surface area contributed by atoms with Crippen LogP contribution in [0.4, 0.5) is 18.0 Å². The van der Waals surface area contributed by atoms with E-state index >= 15 is 0 Å². The van der Waals surface area contributed by atoms with Crippen LogP contribution in [0, 0.1) is 0 Å². The number of hydrogen-bond acceptors (Lipinski definition) is 4. The van der Waals surface area contributed by atoms with E-state index in [1.807, 2.05) is 6.07 Å². The first-order chi connectivity index (χ1) is 10.9. The summed E-state index contributed by atoms with van der Waals surface area (Å²) in [4.78, 5) is 17.5. The van der Waals surface area contributed by atoms with E-state index in [0.717, 1.165) is 12.8 Å². The zero-order chi connectivity index (χ0) is 16.4. The number of fused-ring (bicyclic) bond motifs is 2. The fraction of sp³-hybridized carbons (Fsp3) is 0.600. The summed E-state index contributed by atoms with van der Waals surface area (Å²) in [7, 11) is 0. The largest absolute Gasteiger partial charge is 0.474 e. The maximum Gasteiger partial charge on any atom is 0.422 e. The molecule has 0 saturated carbocycles. The van der Waals surface area contributed by atoms with Crippen LogP contribution in [0.15, 0.2) is 24.4 Å². The number of carbonyl (C=O) groups excluding carboxylic acids is 1. The Morgan fingerprint density at radius 2 is 1.96 bits per heavy atom. The van der Waals surface area contributed by atoms with Crippen LogP contribution in [0.2, 0.25) is 0 Å². The first-order valence-corrected chi connectivity index (χ1v) is 7.52. The number of alkyl halides is 3. The van der Waals surface area contributed by atoms with Gasteiger partial charge in [-0.25, -0.2) is 9.78 Å². The second-order valence-electron chi connectivity index (χ2n) is 5.84. The van der Waals surface area contributed by atoms with Gasteiger partial charge in [0.05, 0.1) is 0 Å². The van der Waals surface area contributed by atoms with Gasteiger partial charge in [-0.3, -0.25) is 0 Å². The van der Waals surface area contributed by atoms with E-state index in [9.17, 15) is 18.0 Å². The van der Waals surface area contributed by atoms with Crippen molar-refractivity contribution in [2.75, 3.05) is 6.61 Å². The van der Waals surface area contributed by atoms with Crippen molar-refractivity contribution in [1.29, 1.82) is 0 Å². The minimum Gasteiger partial charge on any atom is -0.474 e. The Morgan fingerprint density at radius 1 is 1.26 bits per heavy atom. The molecule has 8 heteroatoms. The molecule has 23 heavy (non-hydrogen) atoms. The minimum absolute atomic E-state index is 0.0888. The molecular formula is C15H17F3N2O3. The van der Waals surface area contributed by atoms with Gasteiger partial charge in [-0.1, -0.05) is 6.07 Å². The van der Waals surface area contributed by atoms with Crippen LogP contribution < -0.4 is 4.74 Å². The maximum absolute atomic E-state index is 12.2. The average molecular weight is 330 g/mol. The zero-order valence-corrected chi connectivity index (χ0v) is 12.3. The molecule has 2 saturated heterocycles. The molecule has 2 aliphatic heterocycles. The summed E-state index contributed by atoms with van der Waals surface area (Å²) in [5, 5.41) is 0. The van der Waals surface area contributed by atoms with Gasteiger partial charge < -0.3 is 14.4 Å². The summed E-state index contributed by atoms with van der Waals surface area (Å²) in [5.74, 6) is 0.519. The number of aromatic nitrogens is 1. The first kappa shape index (κ1) is 15.9. The van der Waals surface area contributed by atoms with E-state index < -0.39 is 18.9 Å². The topological polar surface area (TPSA) is 51.7 Å². The normalized spacial score (nSPS) is 26.9. The monoisotopic (exact) mass is 330 g/mol. The van der Waals surface area contributed by atoms with E-state index in [0.29, 0.717) is 18.7 Å². The first-order valence-electron chi connectivity index (χ1n) is 7.52. The third-order valence-corrected chi connectivity index (χ3v) is 4.19. The predicted octanol–water partition coefficient (Wildman–Crippen LogP) is 3.15. The van der Waals surface area contributed by atoms with Crippen LogP contribution in [0.3, 0.4) is 0 Å². The summed E-state index contributed by atoms with van der Waals surface area (Å²) in [6.07, 6.45) is -1.17. The predicted molar refractivity (Wildman–Crippen MR) is 73.9 cm³/mol. The summed E-state index contributed by atoms with van der Waals surface area (Å²) < 4.78 is 46.7. The number of rotatable bonds is 3. The highest BCUT2D eigenvalue weighted by Crippen LogP contribution is 2.37. The Balaban J connectivity index is 1.58. The Hall–Kier alpha value is -1.99. The standard InChI is InChI=1S/C15H17F3N2O3/c16-15(17,18)9-22-14(21)20-10-4-5-11(20)8-12(7-10)23-13-3-1-2-6-19-13/h1-3,6,10-12H,4-5,7-9H2. The second-order valence-corrected chi connectivity index (χ2v) is 5.84. The number of piperidine rings is 1. The Bertz CT molecular complexity index is 539. The Kier molecular flexibility index (Phi) is 4.32. The van der Waals surface area contributed by atoms with E-state index in [2.05, 4.69) is 9.72 Å². The number of amides is 1. The molecule has 2 bridgehead atoms. The van der Waals surface area contributed by atoms with Gasteiger partial charge in [-0.15, -0.1) is 0 Å². The molecule has 1 amide bonds. The maximum atomic E-state index is 12.2. The molecule has 126 valence electrons.